The van der Waals surface area contributed by atoms with Gasteiger partial charge in [-0.3, -0.25) is 5.10 Å². The highest BCUT2D eigenvalue weighted by Crippen LogP contribution is 2.24. The number of carbonyl (C=O) groups excluding carboxylic acids is 1. The number of rotatable bonds is 6. The van der Waals surface area contributed by atoms with E-state index in [1.165, 1.54) is 6.33 Å². The Morgan fingerprint density at radius 1 is 1.43 bits per heavy atom. The summed E-state index contributed by atoms with van der Waals surface area (Å²) < 4.78 is 5.24. The second-order valence-electron chi connectivity index (χ2n) is 4.62. The Labute approximate surface area is 123 Å². The molecule has 0 spiro atoms. The Morgan fingerprint density at radius 2 is 2.29 bits per heavy atom. The number of methoxy groups -OCH3 is 1. The number of aromatic nitrogens is 3. The number of carbonyl (C=O) groups is 1. The largest absolute Gasteiger partial charge is 0.495 e. The zero-order valence-corrected chi connectivity index (χ0v) is 12.1. The van der Waals surface area contributed by atoms with Crippen LogP contribution >= 0.6 is 0 Å². The van der Waals surface area contributed by atoms with E-state index >= 15 is 0 Å². The van der Waals surface area contributed by atoms with Gasteiger partial charge in [0.15, 0.2) is 0 Å². The van der Waals surface area contributed by atoms with Crippen molar-refractivity contribution in [1.29, 1.82) is 0 Å². The van der Waals surface area contributed by atoms with E-state index in [9.17, 15) is 4.79 Å². The third-order valence-corrected chi connectivity index (χ3v) is 2.95. The Bertz CT molecular complexity index is 583. The van der Waals surface area contributed by atoms with E-state index in [-0.39, 0.29) is 6.03 Å². The lowest BCUT2D eigenvalue weighted by atomic mass is 10.2. The number of hydrogen-bond donors (Lipinski definition) is 3. The second kappa shape index (κ2) is 7.28. The first-order chi connectivity index (χ1) is 10.2. The number of H-pyrrole nitrogens is 1. The first-order valence-corrected chi connectivity index (χ1v) is 6.73. The summed E-state index contributed by atoms with van der Waals surface area (Å²) in [4.78, 5) is 15.8. The molecule has 0 bridgehead atoms. The maximum Gasteiger partial charge on any atom is 0.319 e. The molecule has 2 amide bonds. The van der Waals surface area contributed by atoms with Gasteiger partial charge in [-0.1, -0.05) is 6.07 Å². The van der Waals surface area contributed by atoms with Crippen molar-refractivity contribution < 1.29 is 9.53 Å². The second-order valence-corrected chi connectivity index (χ2v) is 4.62. The third-order valence-electron chi connectivity index (χ3n) is 2.95. The molecular weight excluding hydrogens is 270 g/mol. The molecule has 112 valence electrons. The Hall–Kier alpha value is -2.57. The monoisotopic (exact) mass is 289 g/mol. The van der Waals surface area contributed by atoms with Crippen molar-refractivity contribution in [2.45, 2.75) is 19.8 Å². The molecule has 0 unspecified atom stereocenters. The molecular formula is C14H19N5O2. The number of anilines is 1. The normalized spacial score (nSPS) is 10.2. The third kappa shape index (κ3) is 4.48. The SMILES string of the molecule is COc1cc(C)ccc1NC(=O)NCCCc1ncn[nH]1. The van der Waals surface area contributed by atoms with Crippen molar-refractivity contribution in [2.75, 3.05) is 19.0 Å². The Morgan fingerprint density at radius 3 is 3.00 bits per heavy atom. The minimum absolute atomic E-state index is 0.255. The molecule has 1 aromatic carbocycles. The fraction of sp³-hybridized carbons (Fsp3) is 0.357. The standard InChI is InChI=1S/C14H19N5O2/c1-10-5-6-11(12(8-10)21-2)18-14(20)15-7-3-4-13-16-9-17-19-13/h5-6,8-9H,3-4,7H2,1-2H3,(H2,15,18,20)(H,16,17,19). The zero-order chi connectivity index (χ0) is 15.1. The highest BCUT2D eigenvalue weighted by molar-refractivity contribution is 5.90. The highest BCUT2D eigenvalue weighted by atomic mass is 16.5. The van der Waals surface area contributed by atoms with Gasteiger partial charge in [0.05, 0.1) is 12.8 Å². The van der Waals surface area contributed by atoms with E-state index in [0.717, 1.165) is 24.2 Å². The first-order valence-electron chi connectivity index (χ1n) is 6.73. The van der Waals surface area contributed by atoms with Gasteiger partial charge in [0.1, 0.15) is 17.9 Å². The molecule has 1 heterocycles. The molecule has 2 aromatic rings. The van der Waals surface area contributed by atoms with E-state index in [1.807, 2.05) is 25.1 Å². The number of nitrogens with zero attached hydrogens (tertiary/aromatic N) is 2. The molecule has 3 N–H and O–H groups in total. The number of aryl methyl sites for hydroxylation is 2. The van der Waals surface area contributed by atoms with Crippen LogP contribution in [-0.4, -0.2) is 34.9 Å². The molecule has 0 saturated carbocycles. The van der Waals surface area contributed by atoms with Crippen molar-refractivity contribution in [3.63, 3.8) is 0 Å². The zero-order valence-electron chi connectivity index (χ0n) is 12.1. The van der Waals surface area contributed by atoms with Gasteiger partial charge < -0.3 is 15.4 Å². The topological polar surface area (TPSA) is 91.9 Å². The van der Waals surface area contributed by atoms with Crippen molar-refractivity contribution in [3.8, 4) is 5.75 Å². The summed E-state index contributed by atoms with van der Waals surface area (Å²) in [6, 6.07) is 5.36. The number of nitrogens with one attached hydrogen (secondary N) is 3. The maximum absolute atomic E-state index is 11.8. The summed E-state index contributed by atoms with van der Waals surface area (Å²) in [5.74, 6) is 1.46. The minimum Gasteiger partial charge on any atom is -0.495 e. The number of urea groups is 1. The molecule has 21 heavy (non-hydrogen) atoms. The van der Waals surface area contributed by atoms with E-state index in [4.69, 9.17) is 4.74 Å². The lowest BCUT2D eigenvalue weighted by molar-refractivity contribution is 0.252. The van der Waals surface area contributed by atoms with Gasteiger partial charge in [-0.05, 0) is 31.0 Å². The molecule has 0 aliphatic rings. The number of ether oxygens (including phenoxy) is 1. The van der Waals surface area contributed by atoms with Crippen molar-refractivity contribution in [2.24, 2.45) is 0 Å². The van der Waals surface area contributed by atoms with Crippen LogP contribution in [-0.2, 0) is 6.42 Å². The summed E-state index contributed by atoms with van der Waals surface area (Å²) in [5.41, 5.74) is 1.72. The van der Waals surface area contributed by atoms with Gasteiger partial charge in [-0.2, -0.15) is 5.10 Å². The molecule has 7 nitrogen and oxygen atoms in total. The van der Waals surface area contributed by atoms with Crippen LogP contribution < -0.4 is 15.4 Å². The molecule has 0 saturated heterocycles. The molecule has 1 aromatic heterocycles. The summed E-state index contributed by atoms with van der Waals surface area (Å²) in [6.07, 6.45) is 3.00. The van der Waals surface area contributed by atoms with Crippen LogP contribution in [0.5, 0.6) is 5.75 Å². The van der Waals surface area contributed by atoms with E-state index < -0.39 is 0 Å². The van der Waals surface area contributed by atoms with Crippen LogP contribution in [0.2, 0.25) is 0 Å². The number of benzene rings is 1. The van der Waals surface area contributed by atoms with Crippen molar-refractivity contribution >= 4 is 11.7 Å². The fourth-order valence-corrected chi connectivity index (χ4v) is 1.88. The summed E-state index contributed by atoms with van der Waals surface area (Å²) >= 11 is 0. The van der Waals surface area contributed by atoms with Crippen LogP contribution in [0.1, 0.15) is 17.8 Å². The molecule has 0 aliphatic heterocycles. The number of hydrogen-bond acceptors (Lipinski definition) is 4. The van der Waals surface area contributed by atoms with E-state index in [1.54, 1.807) is 7.11 Å². The van der Waals surface area contributed by atoms with Crippen LogP contribution in [0, 0.1) is 6.92 Å². The van der Waals surface area contributed by atoms with Crippen LogP contribution in [0.4, 0.5) is 10.5 Å². The summed E-state index contributed by atoms with van der Waals surface area (Å²) in [5, 5.41) is 12.1. The van der Waals surface area contributed by atoms with E-state index in [2.05, 4.69) is 25.8 Å². The quantitative estimate of drug-likeness (QED) is 0.708. The van der Waals surface area contributed by atoms with Crippen LogP contribution in [0.3, 0.4) is 0 Å². The molecule has 7 heteroatoms. The average molecular weight is 289 g/mol. The van der Waals surface area contributed by atoms with Gasteiger partial charge in [0.25, 0.3) is 0 Å². The van der Waals surface area contributed by atoms with Gasteiger partial charge in [0.2, 0.25) is 0 Å². The molecule has 0 radical (unpaired) electrons. The minimum atomic E-state index is -0.255. The smallest absolute Gasteiger partial charge is 0.319 e. The summed E-state index contributed by atoms with van der Waals surface area (Å²) in [6.45, 7) is 2.52. The first kappa shape index (κ1) is 14.8. The molecule has 2 rings (SSSR count). The molecule has 0 aliphatic carbocycles. The fourth-order valence-electron chi connectivity index (χ4n) is 1.88. The van der Waals surface area contributed by atoms with Gasteiger partial charge >= 0.3 is 6.03 Å². The average Bonchev–Trinajstić information content (AvgIpc) is 2.99. The predicted molar refractivity (Wildman–Crippen MR) is 79.5 cm³/mol. The summed E-state index contributed by atoms with van der Waals surface area (Å²) in [7, 11) is 1.58. The van der Waals surface area contributed by atoms with Crippen molar-refractivity contribution in [1.82, 2.24) is 20.5 Å². The molecule has 0 atom stereocenters. The van der Waals surface area contributed by atoms with Crippen molar-refractivity contribution in [3.05, 3.63) is 35.9 Å². The van der Waals surface area contributed by atoms with Crippen LogP contribution in [0.25, 0.3) is 0 Å². The Kier molecular flexibility index (Phi) is 5.14. The lowest BCUT2D eigenvalue weighted by Crippen LogP contribution is -2.30. The van der Waals surface area contributed by atoms with Gasteiger partial charge in [-0.25, -0.2) is 9.78 Å². The highest BCUT2D eigenvalue weighted by Gasteiger charge is 2.07. The Balaban J connectivity index is 1.76. The van der Waals surface area contributed by atoms with E-state index in [0.29, 0.717) is 18.0 Å². The lowest BCUT2D eigenvalue weighted by Gasteiger charge is -2.11. The maximum atomic E-state index is 11.8. The van der Waals surface area contributed by atoms with Gasteiger partial charge in [0, 0.05) is 13.0 Å². The van der Waals surface area contributed by atoms with Gasteiger partial charge in [-0.15, -0.1) is 0 Å². The number of amides is 2. The molecule has 0 fully saturated rings. The predicted octanol–water partition coefficient (Wildman–Crippen LogP) is 1.88. The number of aromatic amines is 1. The van der Waals surface area contributed by atoms with Crippen LogP contribution in [0.15, 0.2) is 24.5 Å².